The van der Waals surface area contributed by atoms with E-state index in [1.54, 1.807) is 18.4 Å². The van der Waals surface area contributed by atoms with Gasteiger partial charge in [-0.3, -0.25) is 4.79 Å². The molecule has 1 aromatic heterocycles. The lowest BCUT2D eigenvalue weighted by Gasteiger charge is -2.37. The first kappa shape index (κ1) is 19.2. The summed E-state index contributed by atoms with van der Waals surface area (Å²) in [7, 11) is 1.64. The normalized spacial score (nSPS) is 15.0. The molecule has 1 aliphatic rings. The smallest absolute Gasteiger partial charge is 0.251 e. The average molecular weight is 386 g/mol. The van der Waals surface area contributed by atoms with Crippen LogP contribution in [0.25, 0.3) is 0 Å². The fourth-order valence-corrected chi connectivity index (χ4v) is 3.87. The van der Waals surface area contributed by atoms with Crippen LogP contribution in [-0.2, 0) is 6.54 Å². The zero-order valence-electron chi connectivity index (χ0n) is 15.9. The molecule has 1 fully saturated rings. The van der Waals surface area contributed by atoms with E-state index in [1.165, 1.54) is 5.00 Å². The highest BCUT2D eigenvalue weighted by molar-refractivity contribution is 7.14. The summed E-state index contributed by atoms with van der Waals surface area (Å²) in [6, 6.07) is 11.9. The van der Waals surface area contributed by atoms with E-state index in [0.717, 1.165) is 44.2 Å². The molecule has 0 radical (unpaired) electrons. The van der Waals surface area contributed by atoms with E-state index >= 15 is 0 Å². The lowest BCUT2D eigenvalue weighted by molar-refractivity contribution is 0.0963. The van der Waals surface area contributed by atoms with Crippen LogP contribution in [0.15, 0.2) is 46.8 Å². The van der Waals surface area contributed by atoms with Gasteiger partial charge in [-0.25, -0.2) is 4.99 Å². The molecule has 1 aliphatic heterocycles. The maximum Gasteiger partial charge on any atom is 0.251 e. The Bertz CT molecular complexity index is 749. The van der Waals surface area contributed by atoms with Crippen molar-refractivity contribution in [3.63, 3.8) is 0 Å². The molecule has 2 heterocycles. The summed E-state index contributed by atoms with van der Waals surface area (Å²) in [6.45, 7) is 7.47. The predicted octanol–water partition coefficient (Wildman–Crippen LogP) is 2.40. The summed E-state index contributed by atoms with van der Waals surface area (Å²) in [5, 5.41) is 9.51. The Kier molecular flexibility index (Phi) is 6.70. The van der Waals surface area contributed by atoms with Gasteiger partial charge in [0.1, 0.15) is 0 Å². The number of anilines is 1. The molecule has 2 aromatic rings. The van der Waals surface area contributed by atoms with Crippen LogP contribution in [-0.4, -0.2) is 56.5 Å². The van der Waals surface area contributed by atoms with Gasteiger partial charge in [-0.1, -0.05) is 12.1 Å². The molecular weight excluding hydrogens is 358 g/mol. The zero-order valence-corrected chi connectivity index (χ0v) is 16.8. The van der Waals surface area contributed by atoms with Gasteiger partial charge in [-0.15, -0.1) is 11.3 Å². The standard InChI is InChI=1S/C20H27N5OS/c1-3-22-20(23-15-16-6-8-17(9-7-16)19(26)21-2)25-12-10-24(11-13-25)18-5-4-14-27-18/h4-9,14H,3,10-13,15H2,1-2H3,(H,21,26)(H,22,23). The van der Waals surface area contributed by atoms with Gasteiger partial charge in [-0.2, -0.15) is 0 Å². The second kappa shape index (κ2) is 9.41. The molecule has 0 atom stereocenters. The van der Waals surface area contributed by atoms with Crippen molar-refractivity contribution in [1.29, 1.82) is 0 Å². The van der Waals surface area contributed by atoms with Crippen molar-refractivity contribution < 1.29 is 4.79 Å². The molecule has 2 N–H and O–H groups in total. The number of hydrogen-bond acceptors (Lipinski definition) is 4. The molecule has 0 spiro atoms. The number of hydrogen-bond donors (Lipinski definition) is 2. The van der Waals surface area contributed by atoms with E-state index in [2.05, 4.69) is 44.9 Å². The van der Waals surface area contributed by atoms with Gasteiger partial charge in [0, 0.05) is 45.3 Å². The fraction of sp³-hybridized carbons (Fsp3) is 0.400. The van der Waals surface area contributed by atoms with Gasteiger partial charge >= 0.3 is 0 Å². The van der Waals surface area contributed by atoms with E-state index in [4.69, 9.17) is 4.99 Å². The Labute approximate surface area is 164 Å². The number of nitrogens with zero attached hydrogens (tertiary/aromatic N) is 3. The molecule has 7 heteroatoms. The summed E-state index contributed by atoms with van der Waals surface area (Å²) < 4.78 is 0. The minimum absolute atomic E-state index is 0.0676. The SMILES string of the molecule is CCNC(=NCc1ccc(C(=O)NC)cc1)N1CCN(c2cccs2)CC1. The number of amides is 1. The van der Waals surface area contributed by atoms with Crippen molar-refractivity contribution in [2.24, 2.45) is 4.99 Å². The van der Waals surface area contributed by atoms with Crippen molar-refractivity contribution in [3.8, 4) is 0 Å². The Balaban J connectivity index is 1.60. The molecule has 0 aliphatic carbocycles. The highest BCUT2D eigenvalue weighted by atomic mass is 32.1. The van der Waals surface area contributed by atoms with Crippen LogP contribution in [0.3, 0.4) is 0 Å². The minimum Gasteiger partial charge on any atom is -0.360 e. The van der Waals surface area contributed by atoms with Crippen molar-refractivity contribution in [2.75, 3.05) is 44.7 Å². The van der Waals surface area contributed by atoms with E-state index < -0.39 is 0 Å². The number of carbonyl (C=O) groups is 1. The lowest BCUT2D eigenvalue weighted by Crippen LogP contribution is -2.52. The van der Waals surface area contributed by atoms with Crippen LogP contribution >= 0.6 is 11.3 Å². The average Bonchev–Trinajstić information content (AvgIpc) is 3.26. The monoisotopic (exact) mass is 385 g/mol. The second-order valence-corrected chi connectivity index (χ2v) is 7.30. The first-order valence-corrected chi connectivity index (χ1v) is 10.2. The van der Waals surface area contributed by atoms with Crippen LogP contribution < -0.4 is 15.5 Å². The molecule has 3 rings (SSSR count). The van der Waals surface area contributed by atoms with Gasteiger partial charge in [0.05, 0.1) is 11.5 Å². The third-order valence-corrected chi connectivity index (χ3v) is 5.52. The van der Waals surface area contributed by atoms with Crippen LogP contribution in [0.2, 0.25) is 0 Å². The van der Waals surface area contributed by atoms with Gasteiger partial charge in [0.25, 0.3) is 5.91 Å². The summed E-state index contributed by atoms with van der Waals surface area (Å²) in [6.07, 6.45) is 0. The number of guanidine groups is 1. The first-order valence-electron chi connectivity index (χ1n) is 9.34. The highest BCUT2D eigenvalue weighted by Crippen LogP contribution is 2.22. The quantitative estimate of drug-likeness (QED) is 0.613. The number of carbonyl (C=O) groups excluding carboxylic acids is 1. The Morgan fingerprint density at radius 2 is 1.89 bits per heavy atom. The summed E-state index contributed by atoms with van der Waals surface area (Å²) in [5.74, 6) is 0.890. The number of thiophene rings is 1. The van der Waals surface area contributed by atoms with E-state index in [-0.39, 0.29) is 5.91 Å². The molecule has 27 heavy (non-hydrogen) atoms. The fourth-order valence-electron chi connectivity index (χ4n) is 3.09. The van der Waals surface area contributed by atoms with Crippen LogP contribution in [0, 0.1) is 0 Å². The minimum atomic E-state index is -0.0676. The van der Waals surface area contributed by atoms with E-state index in [9.17, 15) is 4.79 Å². The lowest BCUT2D eigenvalue weighted by atomic mass is 10.1. The van der Waals surface area contributed by atoms with Gasteiger partial charge < -0.3 is 20.4 Å². The zero-order chi connectivity index (χ0) is 19.1. The highest BCUT2D eigenvalue weighted by Gasteiger charge is 2.20. The summed E-state index contributed by atoms with van der Waals surface area (Å²) in [5.41, 5.74) is 1.76. The Morgan fingerprint density at radius 1 is 1.15 bits per heavy atom. The Morgan fingerprint density at radius 3 is 2.48 bits per heavy atom. The maximum absolute atomic E-state index is 11.6. The summed E-state index contributed by atoms with van der Waals surface area (Å²) in [4.78, 5) is 21.2. The van der Waals surface area contributed by atoms with Crippen LogP contribution in [0.1, 0.15) is 22.8 Å². The maximum atomic E-state index is 11.6. The van der Waals surface area contributed by atoms with Crippen molar-refractivity contribution in [3.05, 3.63) is 52.9 Å². The molecule has 1 aromatic carbocycles. The topological polar surface area (TPSA) is 60.0 Å². The molecule has 0 unspecified atom stereocenters. The molecule has 6 nitrogen and oxygen atoms in total. The number of benzene rings is 1. The third kappa shape index (κ3) is 5.01. The third-order valence-electron chi connectivity index (χ3n) is 4.59. The van der Waals surface area contributed by atoms with Crippen molar-refractivity contribution in [1.82, 2.24) is 15.5 Å². The van der Waals surface area contributed by atoms with Gasteiger partial charge in [0.2, 0.25) is 0 Å². The molecule has 0 bridgehead atoms. The number of aliphatic imine (C=N–C) groups is 1. The van der Waals surface area contributed by atoms with Crippen molar-refractivity contribution in [2.45, 2.75) is 13.5 Å². The van der Waals surface area contributed by atoms with E-state index in [0.29, 0.717) is 12.1 Å². The van der Waals surface area contributed by atoms with Gasteiger partial charge in [-0.05, 0) is 42.1 Å². The van der Waals surface area contributed by atoms with Crippen LogP contribution in [0.5, 0.6) is 0 Å². The molecule has 144 valence electrons. The molecule has 0 saturated carbocycles. The largest absolute Gasteiger partial charge is 0.360 e. The number of nitrogens with one attached hydrogen (secondary N) is 2. The molecular formula is C20H27N5OS. The number of rotatable bonds is 5. The number of piperazine rings is 1. The van der Waals surface area contributed by atoms with Crippen LogP contribution in [0.4, 0.5) is 5.00 Å². The predicted molar refractivity (Wildman–Crippen MR) is 113 cm³/mol. The van der Waals surface area contributed by atoms with Crippen molar-refractivity contribution >= 4 is 28.2 Å². The Hall–Kier alpha value is -2.54. The van der Waals surface area contributed by atoms with Gasteiger partial charge in [0.15, 0.2) is 5.96 Å². The second-order valence-electron chi connectivity index (χ2n) is 6.37. The first-order chi connectivity index (χ1) is 13.2. The summed E-state index contributed by atoms with van der Waals surface area (Å²) >= 11 is 1.79. The van der Waals surface area contributed by atoms with E-state index in [1.807, 2.05) is 24.3 Å². The molecule has 1 amide bonds. The molecule has 1 saturated heterocycles.